The normalized spacial score (nSPS) is 27.0. The molecule has 1 rings (SSSR count). The van der Waals surface area contributed by atoms with Crippen molar-refractivity contribution in [2.24, 2.45) is 5.41 Å². The van der Waals surface area contributed by atoms with Crippen molar-refractivity contribution in [1.29, 1.82) is 0 Å². The van der Waals surface area contributed by atoms with Crippen LogP contribution in [-0.4, -0.2) is 24.1 Å². The van der Waals surface area contributed by atoms with Crippen LogP contribution in [-0.2, 0) is 14.0 Å². The zero-order valence-corrected chi connectivity index (χ0v) is 12.8. The standard InChI is InChI=1S/C13H27BO3/c1-10(2,3)15-14-16-12(6,7)11(4,5)13(8,9)17-14/h1-9H3. The maximum atomic E-state index is 5.96. The van der Waals surface area contributed by atoms with Crippen LogP contribution in [0.25, 0.3) is 0 Å². The SMILES string of the molecule is CC(C)(C)OB1OC(C)(C)C(C)(C)C(C)(C)O1. The summed E-state index contributed by atoms with van der Waals surface area (Å²) in [6.45, 7) is 18.7. The molecule has 0 aromatic heterocycles. The molecule has 0 spiro atoms. The van der Waals surface area contributed by atoms with Gasteiger partial charge in [0.25, 0.3) is 0 Å². The quantitative estimate of drug-likeness (QED) is 0.659. The van der Waals surface area contributed by atoms with E-state index in [1.807, 2.05) is 20.8 Å². The second-order valence-electron chi connectivity index (χ2n) is 7.40. The van der Waals surface area contributed by atoms with E-state index in [0.717, 1.165) is 0 Å². The average Bonchev–Trinajstić information content (AvgIpc) is 1.95. The summed E-state index contributed by atoms with van der Waals surface area (Å²) in [5.74, 6) is 0. The van der Waals surface area contributed by atoms with Gasteiger partial charge in [0.05, 0.1) is 11.2 Å². The minimum Gasteiger partial charge on any atom is -0.381 e. The van der Waals surface area contributed by atoms with Crippen LogP contribution in [0.2, 0.25) is 0 Å². The summed E-state index contributed by atoms with van der Waals surface area (Å²) in [7, 11) is -0.604. The van der Waals surface area contributed by atoms with Crippen LogP contribution in [0.5, 0.6) is 0 Å². The van der Waals surface area contributed by atoms with Gasteiger partial charge in [-0.25, -0.2) is 0 Å². The molecule has 1 aliphatic rings. The first-order valence-electron chi connectivity index (χ1n) is 6.32. The van der Waals surface area contributed by atoms with Crippen molar-refractivity contribution in [3.8, 4) is 0 Å². The molecule has 1 aliphatic heterocycles. The molecule has 100 valence electrons. The van der Waals surface area contributed by atoms with Crippen molar-refractivity contribution in [1.82, 2.24) is 0 Å². The lowest BCUT2D eigenvalue weighted by atomic mass is 9.64. The largest absolute Gasteiger partial charge is 0.640 e. The van der Waals surface area contributed by atoms with Gasteiger partial charge in [-0.15, -0.1) is 0 Å². The maximum absolute atomic E-state index is 5.96. The van der Waals surface area contributed by atoms with Gasteiger partial charge in [0.1, 0.15) is 0 Å². The van der Waals surface area contributed by atoms with Crippen LogP contribution < -0.4 is 0 Å². The van der Waals surface area contributed by atoms with E-state index in [-0.39, 0.29) is 22.2 Å². The zero-order chi connectivity index (χ0) is 13.7. The van der Waals surface area contributed by atoms with Gasteiger partial charge in [0.2, 0.25) is 0 Å². The second kappa shape index (κ2) is 3.97. The van der Waals surface area contributed by atoms with Crippen LogP contribution in [0.1, 0.15) is 62.3 Å². The molecule has 0 aromatic carbocycles. The molecule has 4 heteroatoms. The molecule has 0 N–H and O–H groups in total. The molecule has 3 nitrogen and oxygen atoms in total. The van der Waals surface area contributed by atoms with E-state index >= 15 is 0 Å². The predicted octanol–water partition coefficient (Wildman–Crippen LogP) is 3.42. The Labute approximate surface area is 106 Å². The summed E-state index contributed by atoms with van der Waals surface area (Å²) in [5, 5.41) is 0. The van der Waals surface area contributed by atoms with Crippen LogP contribution in [0.3, 0.4) is 0 Å². The summed E-state index contributed by atoms with van der Waals surface area (Å²) in [6.07, 6.45) is 0. The fraction of sp³-hybridized carbons (Fsp3) is 1.00. The summed E-state index contributed by atoms with van der Waals surface area (Å²) >= 11 is 0. The van der Waals surface area contributed by atoms with Crippen LogP contribution in [0, 0.1) is 5.41 Å². The fourth-order valence-electron chi connectivity index (χ4n) is 1.86. The fourth-order valence-corrected chi connectivity index (χ4v) is 1.86. The highest BCUT2D eigenvalue weighted by Crippen LogP contribution is 2.49. The van der Waals surface area contributed by atoms with Crippen molar-refractivity contribution < 1.29 is 14.0 Å². The molecule has 0 unspecified atom stereocenters. The Morgan fingerprint density at radius 3 is 1.47 bits per heavy atom. The van der Waals surface area contributed by atoms with E-state index < -0.39 is 7.32 Å². The monoisotopic (exact) mass is 242 g/mol. The summed E-state index contributed by atoms with van der Waals surface area (Å²) in [5.41, 5.74) is -0.981. The molecule has 1 heterocycles. The first kappa shape index (κ1) is 15.0. The number of rotatable bonds is 1. The highest BCUT2D eigenvalue weighted by atomic mass is 16.8. The topological polar surface area (TPSA) is 27.7 Å². The van der Waals surface area contributed by atoms with Crippen molar-refractivity contribution in [2.45, 2.75) is 79.1 Å². The van der Waals surface area contributed by atoms with Gasteiger partial charge in [0.15, 0.2) is 0 Å². The van der Waals surface area contributed by atoms with Gasteiger partial charge in [-0.3, -0.25) is 0 Å². The van der Waals surface area contributed by atoms with Gasteiger partial charge in [-0.1, -0.05) is 13.8 Å². The Hall–Kier alpha value is -0.0551. The summed E-state index contributed by atoms with van der Waals surface area (Å²) in [4.78, 5) is 0. The van der Waals surface area contributed by atoms with Crippen molar-refractivity contribution in [2.75, 3.05) is 0 Å². The molecule has 0 atom stereocenters. The predicted molar refractivity (Wildman–Crippen MR) is 70.7 cm³/mol. The molecule has 0 saturated carbocycles. The zero-order valence-electron chi connectivity index (χ0n) is 12.8. The van der Waals surface area contributed by atoms with Crippen LogP contribution in [0.4, 0.5) is 0 Å². The molecule has 0 amide bonds. The second-order valence-corrected chi connectivity index (χ2v) is 7.40. The third kappa shape index (κ3) is 2.86. The molecular formula is C13H27BO3. The maximum Gasteiger partial charge on any atom is 0.640 e. The van der Waals surface area contributed by atoms with E-state index in [1.54, 1.807) is 0 Å². The molecule has 0 bridgehead atoms. The number of hydrogen-bond acceptors (Lipinski definition) is 3. The Balaban J connectivity index is 2.93. The molecule has 0 radical (unpaired) electrons. The number of hydrogen-bond donors (Lipinski definition) is 0. The summed E-state index contributed by atoms with van der Waals surface area (Å²) < 4.78 is 17.7. The lowest BCUT2D eigenvalue weighted by Gasteiger charge is -2.56. The first-order valence-corrected chi connectivity index (χ1v) is 6.32. The summed E-state index contributed by atoms with van der Waals surface area (Å²) in [6, 6.07) is 0. The van der Waals surface area contributed by atoms with Crippen molar-refractivity contribution in [3.05, 3.63) is 0 Å². The third-order valence-electron chi connectivity index (χ3n) is 4.24. The van der Waals surface area contributed by atoms with Gasteiger partial charge >= 0.3 is 7.32 Å². The lowest BCUT2D eigenvalue weighted by molar-refractivity contribution is -0.209. The highest BCUT2D eigenvalue weighted by Gasteiger charge is 2.58. The van der Waals surface area contributed by atoms with Gasteiger partial charge < -0.3 is 14.0 Å². The molecule has 1 fully saturated rings. The lowest BCUT2D eigenvalue weighted by Crippen LogP contribution is -2.65. The van der Waals surface area contributed by atoms with Gasteiger partial charge in [0, 0.05) is 11.0 Å². The van der Waals surface area contributed by atoms with Gasteiger partial charge in [-0.05, 0) is 48.5 Å². The van der Waals surface area contributed by atoms with E-state index in [0.29, 0.717) is 0 Å². The van der Waals surface area contributed by atoms with E-state index in [9.17, 15) is 0 Å². The Morgan fingerprint density at radius 1 is 0.824 bits per heavy atom. The first-order chi connectivity index (χ1) is 7.29. The smallest absolute Gasteiger partial charge is 0.381 e. The third-order valence-corrected chi connectivity index (χ3v) is 4.24. The Morgan fingerprint density at radius 2 is 1.18 bits per heavy atom. The Kier molecular flexibility index (Phi) is 3.51. The minimum atomic E-state index is -0.604. The molecule has 0 aliphatic carbocycles. The molecule has 0 aromatic rings. The van der Waals surface area contributed by atoms with Crippen LogP contribution >= 0.6 is 0 Å². The van der Waals surface area contributed by atoms with Crippen molar-refractivity contribution in [3.63, 3.8) is 0 Å². The molecule has 1 saturated heterocycles. The highest BCUT2D eigenvalue weighted by molar-refractivity contribution is 6.37. The molecular weight excluding hydrogens is 215 g/mol. The Bertz CT molecular complexity index is 270. The van der Waals surface area contributed by atoms with Crippen LogP contribution in [0.15, 0.2) is 0 Å². The van der Waals surface area contributed by atoms with E-state index in [2.05, 4.69) is 41.5 Å². The molecule has 17 heavy (non-hydrogen) atoms. The van der Waals surface area contributed by atoms with Gasteiger partial charge in [-0.2, -0.15) is 0 Å². The van der Waals surface area contributed by atoms with Crippen molar-refractivity contribution >= 4 is 7.32 Å². The average molecular weight is 242 g/mol. The minimum absolute atomic E-state index is 0.0995. The van der Waals surface area contributed by atoms with E-state index in [1.165, 1.54) is 0 Å². The van der Waals surface area contributed by atoms with E-state index in [4.69, 9.17) is 14.0 Å².